The van der Waals surface area contributed by atoms with Gasteiger partial charge in [0.1, 0.15) is 6.04 Å². The van der Waals surface area contributed by atoms with Crippen LogP contribution in [0.3, 0.4) is 0 Å². The van der Waals surface area contributed by atoms with E-state index in [4.69, 9.17) is 0 Å². The van der Waals surface area contributed by atoms with Gasteiger partial charge in [-0.15, -0.1) is 0 Å². The highest BCUT2D eigenvalue weighted by atomic mass is 16.2. The largest absolute Gasteiger partial charge is 0.350 e. The SMILES string of the molecule is CCC(C)(C)NC(=O)CN1CCNCC1C(=O)N(C)C. The molecule has 1 saturated heterocycles. The molecule has 0 aliphatic carbocycles. The van der Waals surface area contributed by atoms with Crippen LogP contribution in [0.2, 0.25) is 0 Å². The van der Waals surface area contributed by atoms with Gasteiger partial charge < -0.3 is 15.5 Å². The Hall–Kier alpha value is -1.14. The number of nitrogens with one attached hydrogen (secondary N) is 2. The molecule has 116 valence electrons. The van der Waals surface area contributed by atoms with Crippen molar-refractivity contribution in [1.82, 2.24) is 20.4 Å². The molecule has 1 rings (SSSR count). The molecule has 0 aromatic heterocycles. The molecule has 2 N–H and O–H groups in total. The quantitative estimate of drug-likeness (QED) is 0.724. The Morgan fingerprint density at radius 2 is 2.05 bits per heavy atom. The van der Waals surface area contributed by atoms with E-state index in [1.807, 2.05) is 25.7 Å². The minimum atomic E-state index is -0.255. The summed E-state index contributed by atoms with van der Waals surface area (Å²) in [5, 5.41) is 6.23. The molecule has 6 heteroatoms. The van der Waals surface area contributed by atoms with Gasteiger partial charge in [0.2, 0.25) is 11.8 Å². The van der Waals surface area contributed by atoms with E-state index in [1.165, 1.54) is 0 Å². The minimum absolute atomic E-state index is 0.0182. The topological polar surface area (TPSA) is 64.7 Å². The van der Waals surface area contributed by atoms with E-state index in [9.17, 15) is 9.59 Å². The molecular formula is C14H28N4O2. The van der Waals surface area contributed by atoms with E-state index in [2.05, 4.69) is 10.6 Å². The van der Waals surface area contributed by atoms with Crippen molar-refractivity contribution in [1.29, 1.82) is 0 Å². The molecule has 1 unspecified atom stereocenters. The maximum Gasteiger partial charge on any atom is 0.240 e. The first-order valence-electron chi connectivity index (χ1n) is 7.24. The molecule has 0 radical (unpaired) electrons. The second-order valence-electron chi connectivity index (χ2n) is 6.21. The highest BCUT2D eigenvalue weighted by Gasteiger charge is 2.31. The zero-order valence-electron chi connectivity index (χ0n) is 13.3. The molecule has 1 atom stereocenters. The monoisotopic (exact) mass is 284 g/mol. The summed E-state index contributed by atoms with van der Waals surface area (Å²) in [5.41, 5.74) is -0.202. The Bertz CT molecular complexity index is 355. The second kappa shape index (κ2) is 7.04. The zero-order chi connectivity index (χ0) is 15.3. The maximum atomic E-state index is 12.1. The fraction of sp³-hybridized carbons (Fsp3) is 0.857. The summed E-state index contributed by atoms with van der Waals surface area (Å²) >= 11 is 0. The van der Waals surface area contributed by atoms with Gasteiger partial charge in [0.25, 0.3) is 0 Å². The molecule has 0 bridgehead atoms. The Balaban J connectivity index is 2.63. The lowest BCUT2D eigenvalue weighted by Crippen LogP contribution is -2.60. The van der Waals surface area contributed by atoms with E-state index < -0.39 is 0 Å². The van der Waals surface area contributed by atoms with Crippen molar-refractivity contribution in [3.63, 3.8) is 0 Å². The van der Waals surface area contributed by atoms with E-state index in [1.54, 1.807) is 19.0 Å². The predicted molar refractivity (Wildman–Crippen MR) is 79.4 cm³/mol. The van der Waals surface area contributed by atoms with Gasteiger partial charge in [-0.3, -0.25) is 14.5 Å². The van der Waals surface area contributed by atoms with Crippen LogP contribution < -0.4 is 10.6 Å². The summed E-state index contributed by atoms with van der Waals surface area (Å²) in [6, 6.07) is -0.255. The summed E-state index contributed by atoms with van der Waals surface area (Å²) in [5.74, 6) is 0.0232. The first kappa shape index (κ1) is 16.9. The van der Waals surface area contributed by atoms with Crippen LogP contribution in [0, 0.1) is 0 Å². The van der Waals surface area contributed by atoms with Crippen molar-refractivity contribution in [3.8, 4) is 0 Å². The summed E-state index contributed by atoms with van der Waals surface area (Å²) in [7, 11) is 3.49. The van der Waals surface area contributed by atoms with Crippen LogP contribution in [-0.4, -0.2) is 73.5 Å². The zero-order valence-corrected chi connectivity index (χ0v) is 13.3. The van der Waals surface area contributed by atoms with Crippen LogP contribution in [0.5, 0.6) is 0 Å². The molecule has 6 nitrogen and oxygen atoms in total. The molecule has 1 aliphatic rings. The highest BCUT2D eigenvalue weighted by molar-refractivity contribution is 5.84. The van der Waals surface area contributed by atoms with E-state index in [0.29, 0.717) is 13.1 Å². The number of amides is 2. The van der Waals surface area contributed by atoms with Gasteiger partial charge in [0.05, 0.1) is 6.54 Å². The third kappa shape index (κ3) is 4.76. The predicted octanol–water partition coefficient (Wildman–Crippen LogP) is -0.347. The average molecular weight is 284 g/mol. The van der Waals surface area contributed by atoms with Crippen molar-refractivity contribution in [3.05, 3.63) is 0 Å². The van der Waals surface area contributed by atoms with Gasteiger partial charge >= 0.3 is 0 Å². The number of nitrogens with zero attached hydrogens (tertiary/aromatic N) is 2. The summed E-state index contributed by atoms with van der Waals surface area (Å²) in [6.45, 7) is 8.45. The summed E-state index contributed by atoms with van der Waals surface area (Å²) in [6.07, 6.45) is 0.875. The van der Waals surface area contributed by atoms with Gasteiger partial charge in [-0.2, -0.15) is 0 Å². The molecule has 1 fully saturated rings. The van der Waals surface area contributed by atoms with Crippen LogP contribution in [-0.2, 0) is 9.59 Å². The molecule has 0 saturated carbocycles. The van der Waals surface area contributed by atoms with Gasteiger partial charge in [-0.05, 0) is 20.3 Å². The summed E-state index contributed by atoms with van der Waals surface area (Å²) in [4.78, 5) is 27.8. The molecule has 1 aliphatic heterocycles. The fourth-order valence-electron chi connectivity index (χ4n) is 2.17. The lowest BCUT2D eigenvalue weighted by Gasteiger charge is -2.36. The van der Waals surface area contributed by atoms with E-state index >= 15 is 0 Å². The molecule has 0 aromatic rings. The number of rotatable bonds is 5. The number of likely N-dealkylation sites (N-methyl/N-ethyl adjacent to an activating group) is 1. The van der Waals surface area contributed by atoms with Crippen LogP contribution in [0.15, 0.2) is 0 Å². The van der Waals surface area contributed by atoms with Crippen LogP contribution in [0.25, 0.3) is 0 Å². The van der Waals surface area contributed by atoms with Crippen molar-refractivity contribution < 1.29 is 9.59 Å². The number of carbonyl (C=O) groups is 2. The maximum absolute atomic E-state index is 12.1. The number of piperazine rings is 1. The lowest BCUT2D eigenvalue weighted by molar-refractivity contribution is -0.136. The van der Waals surface area contributed by atoms with Crippen molar-refractivity contribution >= 4 is 11.8 Å². The summed E-state index contributed by atoms with van der Waals surface area (Å²) < 4.78 is 0. The standard InChI is InChI=1S/C14H28N4O2/c1-6-14(2,3)16-12(19)10-18-8-7-15-9-11(18)13(20)17(4)5/h11,15H,6-10H2,1-5H3,(H,16,19). The number of carbonyl (C=O) groups excluding carboxylic acids is 2. The average Bonchev–Trinajstić information content (AvgIpc) is 2.37. The number of hydrogen-bond donors (Lipinski definition) is 2. The molecule has 0 spiro atoms. The van der Waals surface area contributed by atoms with Crippen molar-refractivity contribution in [2.24, 2.45) is 0 Å². The number of hydrogen-bond acceptors (Lipinski definition) is 4. The highest BCUT2D eigenvalue weighted by Crippen LogP contribution is 2.09. The minimum Gasteiger partial charge on any atom is -0.350 e. The van der Waals surface area contributed by atoms with Crippen LogP contribution in [0.1, 0.15) is 27.2 Å². The molecule has 2 amide bonds. The van der Waals surface area contributed by atoms with E-state index in [-0.39, 0.29) is 29.9 Å². The normalized spacial score (nSPS) is 20.6. The smallest absolute Gasteiger partial charge is 0.240 e. The third-order valence-corrected chi connectivity index (χ3v) is 3.79. The lowest BCUT2D eigenvalue weighted by atomic mass is 10.0. The molecule has 20 heavy (non-hydrogen) atoms. The first-order valence-corrected chi connectivity index (χ1v) is 7.24. The second-order valence-corrected chi connectivity index (χ2v) is 6.21. The van der Waals surface area contributed by atoms with Gasteiger partial charge in [-0.1, -0.05) is 6.92 Å². The molecule has 0 aromatic carbocycles. The Kier molecular flexibility index (Phi) is 5.95. The van der Waals surface area contributed by atoms with Crippen LogP contribution >= 0.6 is 0 Å². The Morgan fingerprint density at radius 3 is 2.60 bits per heavy atom. The van der Waals surface area contributed by atoms with Gasteiger partial charge in [0.15, 0.2) is 0 Å². The Labute approximate surface area is 121 Å². The third-order valence-electron chi connectivity index (χ3n) is 3.79. The van der Waals surface area contributed by atoms with E-state index in [0.717, 1.165) is 13.0 Å². The Morgan fingerprint density at radius 1 is 1.40 bits per heavy atom. The van der Waals surface area contributed by atoms with Gasteiger partial charge in [0, 0.05) is 39.3 Å². The molecule has 1 heterocycles. The first-order chi connectivity index (χ1) is 9.26. The fourth-order valence-corrected chi connectivity index (χ4v) is 2.17. The molecular weight excluding hydrogens is 256 g/mol. The van der Waals surface area contributed by atoms with Crippen LogP contribution in [0.4, 0.5) is 0 Å². The van der Waals surface area contributed by atoms with Gasteiger partial charge in [-0.25, -0.2) is 0 Å². The van der Waals surface area contributed by atoms with Crippen molar-refractivity contribution in [2.75, 3.05) is 40.3 Å². The van der Waals surface area contributed by atoms with Crippen molar-refractivity contribution in [2.45, 2.75) is 38.8 Å².